The van der Waals surface area contributed by atoms with Crippen LogP contribution in [0.2, 0.25) is 0 Å². The number of hydrogen-bond acceptors (Lipinski definition) is 3. The highest BCUT2D eigenvalue weighted by atomic mass is 19.1. The average Bonchev–Trinajstić information content (AvgIpc) is 3.00. The maximum Gasteiger partial charge on any atom is 0.290 e. The minimum Gasteiger partial charge on any atom is -0.503 e. The van der Waals surface area contributed by atoms with Crippen LogP contribution in [-0.2, 0) is 11.3 Å². The first-order valence-corrected chi connectivity index (χ1v) is 9.67. The second-order valence-corrected chi connectivity index (χ2v) is 7.37. The van der Waals surface area contributed by atoms with Crippen molar-refractivity contribution in [3.8, 4) is 5.75 Å². The summed E-state index contributed by atoms with van der Waals surface area (Å²) in [5, 5.41) is 10.8. The molecule has 0 fully saturated rings. The number of aliphatic hydroxyl groups excluding tert-OH is 1. The minimum atomic E-state index is -0.535. The van der Waals surface area contributed by atoms with E-state index in [0.717, 1.165) is 22.3 Å². The summed E-state index contributed by atoms with van der Waals surface area (Å²) in [5.74, 6) is -0.403. The number of aliphatic hydroxyl groups is 1. The second-order valence-electron chi connectivity index (χ2n) is 7.37. The lowest BCUT2D eigenvalue weighted by Gasteiger charge is -2.27. The first kappa shape index (κ1) is 19.7. The second kappa shape index (κ2) is 8.03. The van der Waals surface area contributed by atoms with Crippen molar-refractivity contribution in [1.29, 1.82) is 0 Å². The van der Waals surface area contributed by atoms with Crippen LogP contribution < -0.4 is 4.74 Å². The summed E-state index contributed by atoms with van der Waals surface area (Å²) in [6.45, 7) is 2.25. The Morgan fingerprint density at radius 1 is 1.03 bits per heavy atom. The summed E-state index contributed by atoms with van der Waals surface area (Å²) >= 11 is 0. The van der Waals surface area contributed by atoms with Gasteiger partial charge in [-0.2, -0.15) is 0 Å². The summed E-state index contributed by atoms with van der Waals surface area (Å²) in [4.78, 5) is 14.7. The molecule has 0 bridgehead atoms. The van der Waals surface area contributed by atoms with Gasteiger partial charge in [0, 0.05) is 12.1 Å². The van der Waals surface area contributed by atoms with Crippen molar-refractivity contribution in [2.45, 2.75) is 19.5 Å². The Balaban J connectivity index is 1.79. The van der Waals surface area contributed by atoms with E-state index in [1.807, 2.05) is 55.5 Å². The monoisotopic (exact) mass is 403 g/mol. The van der Waals surface area contributed by atoms with Crippen LogP contribution >= 0.6 is 0 Å². The van der Waals surface area contributed by atoms with E-state index in [9.17, 15) is 14.3 Å². The molecule has 1 aliphatic rings. The average molecular weight is 403 g/mol. The van der Waals surface area contributed by atoms with Crippen molar-refractivity contribution in [3.63, 3.8) is 0 Å². The van der Waals surface area contributed by atoms with Crippen LogP contribution in [-0.4, -0.2) is 23.0 Å². The molecule has 3 aromatic rings. The van der Waals surface area contributed by atoms with Crippen LogP contribution in [0.4, 0.5) is 4.39 Å². The molecule has 4 rings (SSSR count). The molecule has 5 heteroatoms. The minimum absolute atomic E-state index is 0.275. The fraction of sp³-hybridized carbons (Fsp3) is 0.160. The molecule has 152 valence electrons. The van der Waals surface area contributed by atoms with Gasteiger partial charge in [0.25, 0.3) is 5.91 Å². The van der Waals surface area contributed by atoms with E-state index < -0.39 is 11.9 Å². The lowest BCUT2D eigenvalue weighted by molar-refractivity contribution is -0.130. The summed E-state index contributed by atoms with van der Waals surface area (Å²) < 4.78 is 18.9. The molecule has 3 aromatic carbocycles. The highest BCUT2D eigenvalue weighted by molar-refractivity contribution is 6.05. The van der Waals surface area contributed by atoms with Crippen LogP contribution in [0.3, 0.4) is 0 Å². The number of carbonyl (C=O) groups excluding carboxylic acids is 1. The van der Waals surface area contributed by atoms with Gasteiger partial charge in [0.2, 0.25) is 0 Å². The predicted octanol–water partition coefficient (Wildman–Crippen LogP) is 5.20. The first-order chi connectivity index (χ1) is 14.5. The Bertz CT molecular complexity index is 1100. The van der Waals surface area contributed by atoms with E-state index in [-0.39, 0.29) is 18.1 Å². The summed E-state index contributed by atoms with van der Waals surface area (Å²) in [5.41, 5.74) is 3.96. The molecule has 0 saturated heterocycles. The largest absolute Gasteiger partial charge is 0.503 e. The van der Waals surface area contributed by atoms with E-state index in [0.29, 0.717) is 11.3 Å². The molecule has 1 heterocycles. The van der Waals surface area contributed by atoms with Gasteiger partial charge >= 0.3 is 0 Å². The van der Waals surface area contributed by atoms with Gasteiger partial charge in [-0.1, -0.05) is 54.1 Å². The molecule has 0 unspecified atom stereocenters. The van der Waals surface area contributed by atoms with Crippen LogP contribution in [0.1, 0.15) is 28.3 Å². The molecule has 0 aliphatic carbocycles. The zero-order chi connectivity index (χ0) is 21.3. The third-order valence-corrected chi connectivity index (χ3v) is 5.34. The first-order valence-electron chi connectivity index (χ1n) is 9.67. The number of ether oxygens (including phenoxy) is 1. The summed E-state index contributed by atoms with van der Waals surface area (Å²) in [7, 11) is 1.59. The zero-order valence-electron chi connectivity index (χ0n) is 16.8. The van der Waals surface area contributed by atoms with Gasteiger partial charge in [-0.05, 0) is 47.9 Å². The van der Waals surface area contributed by atoms with Gasteiger partial charge in [0.1, 0.15) is 11.6 Å². The van der Waals surface area contributed by atoms with E-state index >= 15 is 0 Å². The van der Waals surface area contributed by atoms with Crippen LogP contribution in [0.15, 0.2) is 78.6 Å². The highest BCUT2D eigenvalue weighted by Gasteiger charge is 2.41. The molecule has 1 aliphatic heterocycles. The lowest BCUT2D eigenvalue weighted by Crippen LogP contribution is -2.29. The van der Waals surface area contributed by atoms with Crippen LogP contribution in [0.25, 0.3) is 5.57 Å². The molecule has 1 atom stereocenters. The molecule has 0 radical (unpaired) electrons. The predicted molar refractivity (Wildman–Crippen MR) is 113 cm³/mol. The molecular weight excluding hydrogens is 381 g/mol. The van der Waals surface area contributed by atoms with Gasteiger partial charge in [-0.3, -0.25) is 4.79 Å². The van der Waals surface area contributed by atoms with Crippen molar-refractivity contribution in [2.24, 2.45) is 0 Å². The number of aryl methyl sites for hydroxylation is 1. The number of benzene rings is 3. The van der Waals surface area contributed by atoms with E-state index in [4.69, 9.17) is 4.74 Å². The van der Waals surface area contributed by atoms with E-state index in [2.05, 4.69) is 0 Å². The molecule has 1 amide bonds. The number of carbonyl (C=O) groups is 1. The molecule has 0 saturated carbocycles. The lowest BCUT2D eigenvalue weighted by atomic mass is 9.93. The Kier molecular flexibility index (Phi) is 5.27. The number of amides is 1. The van der Waals surface area contributed by atoms with Crippen LogP contribution in [0.5, 0.6) is 5.75 Å². The number of rotatable bonds is 5. The highest BCUT2D eigenvalue weighted by Crippen LogP contribution is 2.43. The van der Waals surface area contributed by atoms with E-state index in [1.165, 1.54) is 12.1 Å². The van der Waals surface area contributed by atoms with Crippen molar-refractivity contribution in [3.05, 3.63) is 107 Å². The quantitative estimate of drug-likeness (QED) is 0.637. The van der Waals surface area contributed by atoms with Crippen molar-refractivity contribution in [1.82, 2.24) is 4.90 Å². The smallest absolute Gasteiger partial charge is 0.290 e. The fourth-order valence-electron chi connectivity index (χ4n) is 3.80. The van der Waals surface area contributed by atoms with Gasteiger partial charge in [0.15, 0.2) is 5.76 Å². The maximum absolute atomic E-state index is 13.6. The fourth-order valence-corrected chi connectivity index (χ4v) is 3.80. The molecule has 4 nitrogen and oxygen atoms in total. The van der Waals surface area contributed by atoms with Crippen LogP contribution in [0, 0.1) is 12.7 Å². The normalized spacial score (nSPS) is 16.3. The Hall–Kier alpha value is -3.60. The van der Waals surface area contributed by atoms with Gasteiger partial charge in [-0.15, -0.1) is 0 Å². The number of nitrogens with zero attached hydrogens (tertiary/aromatic N) is 1. The standard InChI is InChI=1S/C25H22FNO3/c1-16-6-8-18(9-7-16)22-23(19-10-12-20(26)13-11-19)27(25(29)24(22)28)15-17-4-3-5-21(14-17)30-2/h3-14,23,28H,15H2,1-2H3/t23-/m0/s1. The van der Waals surface area contributed by atoms with Crippen molar-refractivity contribution >= 4 is 11.5 Å². The van der Waals surface area contributed by atoms with Gasteiger partial charge in [0.05, 0.1) is 13.2 Å². The molecule has 0 spiro atoms. The van der Waals surface area contributed by atoms with Gasteiger partial charge < -0.3 is 14.7 Å². The van der Waals surface area contributed by atoms with E-state index in [1.54, 1.807) is 24.1 Å². The molecule has 0 aromatic heterocycles. The maximum atomic E-state index is 13.6. The third kappa shape index (κ3) is 3.66. The molecule has 1 N–H and O–H groups in total. The zero-order valence-corrected chi connectivity index (χ0v) is 16.8. The Morgan fingerprint density at radius 3 is 2.40 bits per heavy atom. The Labute approximate surface area is 174 Å². The number of hydrogen-bond donors (Lipinski definition) is 1. The number of methoxy groups -OCH3 is 1. The number of halogens is 1. The Morgan fingerprint density at radius 2 is 1.73 bits per heavy atom. The van der Waals surface area contributed by atoms with Gasteiger partial charge in [-0.25, -0.2) is 4.39 Å². The topological polar surface area (TPSA) is 49.8 Å². The SMILES string of the molecule is COc1cccc(CN2C(=O)C(O)=C(c3ccc(C)cc3)[C@@H]2c2ccc(F)cc2)c1. The van der Waals surface area contributed by atoms with Crippen molar-refractivity contribution in [2.75, 3.05) is 7.11 Å². The summed E-state index contributed by atoms with van der Waals surface area (Å²) in [6.07, 6.45) is 0. The molecule has 30 heavy (non-hydrogen) atoms. The molecular formula is C25H22FNO3. The summed E-state index contributed by atoms with van der Waals surface area (Å²) in [6, 6.07) is 20.6. The third-order valence-electron chi connectivity index (χ3n) is 5.34. The van der Waals surface area contributed by atoms with Crippen molar-refractivity contribution < 1.29 is 19.0 Å².